The molecule has 5 heteroatoms. The van der Waals surface area contributed by atoms with Gasteiger partial charge in [-0.1, -0.05) is 38.1 Å². The van der Waals surface area contributed by atoms with Gasteiger partial charge in [0.25, 0.3) is 0 Å². The summed E-state index contributed by atoms with van der Waals surface area (Å²) >= 11 is 0. The molecule has 26 heavy (non-hydrogen) atoms. The van der Waals surface area contributed by atoms with Gasteiger partial charge in [0.1, 0.15) is 0 Å². The number of carbonyl (C=O) groups excluding carboxylic acids is 2. The number of urea groups is 1. The smallest absolute Gasteiger partial charge is 0.319 e. The molecule has 3 N–H and O–H groups in total. The Morgan fingerprint density at radius 2 is 1.23 bits per heavy atom. The van der Waals surface area contributed by atoms with Crippen molar-refractivity contribution in [3.63, 3.8) is 0 Å². The predicted octanol–water partition coefficient (Wildman–Crippen LogP) is 4.40. The van der Waals surface area contributed by atoms with Crippen LogP contribution in [0.4, 0.5) is 16.2 Å². The fraction of sp³-hybridized carbons (Fsp3) is 0.333. The molecule has 0 aliphatic heterocycles. The molecule has 0 radical (unpaired) electrons. The average Bonchev–Trinajstić information content (AvgIpc) is 2.57. The maximum atomic E-state index is 11.7. The van der Waals surface area contributed by atoms with Gasteiger partial charge < -0.3 is 16.0 Å². The van der Waals surface area contributed by atoms with Crippen LogP contribution in [0.25, 0.3) is 0 Å². The number of rotatable bonds is 6. The van der Waals surface area contributed by atoms with Gasteiger partial charge in [-0.25, -0.2) is 4.79 Å². The molecule has 0 aromatic heterocycles. The van der Waals surface area contributed by atoms with Gasteiger partial charge >= 0.3 is 6.03 Å². The third kappa shape index (κ3) is 6.24. The molecular weight excluding hydrogens is 326 g/mol. The van der Waals surface area contributed by atoms with Crippen LogP contribution in [-0.2, 0) is 11.2 Å². The van der Waals surface area contributed by atoms with Gasteiger partial charge in [0.2, 0.25) is 5.91 Å². The second-order valence-electron chi connectivity index (χ2n) is 6.97. The quantitative estimate of drug-likeness (QED) is 0.720. The Hall–Kier alpha value is -2.82. The van der Waals surface area contributed by atoms with Crippen molar-refractivity contribution in [2.24, 2.45) is 5.92 Å². The van der Waals surface area contributed by atoms with Gasteiger partial charge in [-0.2, -0.15) is 0 Å². The van der Waals surface area contributed by atoms with Crippen LogP contribution < -0.4 is 16.0 Å². The molecule has 0 aliphatic carbocycles. The van der Waals surface area contributed by atoms with Crippen LogP contribution in [0.2, 0.25) is 0 Å². The molecule has 3 amide bonds. The number of benzene rings is 2. The molecule has 0 atom stereocenters. The summed E-state index contributed by atoms with van der Waals surface area (Å²) in [6.07, 6.45) is 0.789. The molecule has 0 saturated carbocycles. The fourth-order valence-corrected chi connectivity index (χ4v) is 2.36. The van der Waals surface area contributed by atoms with Gasteiger partial charge in [0.15, 0.2) is 0 Å². The van der Waals surface area contributed by atoms with Crippen molar-refractivity contribution in [1.29, 1.82) is 0 Å². The minimum Gasteiger partial charge on any atom is -0.336 e. The molecule has 2 aromatic rings. The highest BCUT2D eigenvalue weighted by atomic mass is 16.2. The number of anilines is 2. The Bertz CT molecular complexity index is 735. The molecule has 0 heterocycles. The Morgan fingerprint density at radius 3 is 1.65 bits per heavy atom. The lowest BCUT2D eigenvalue weighted by molar-refractivity contribution is -0.118. The summed E-state index contributed by atoms with van der Waals surface area (Å²) in [5.74, 6) is -0.0215. The van der Waals surface area contributed by atoms with E-state index in [0.29, 0.717) is 0 Å². The zero-order valence-electron chi connectivity index (χ0n) is 15.8. The van der Waals surface area contributed by atoms with Gasteiger partial charge in [-0.05, 0) is 55.7 Å². The molecule has 5 nitrogen and oxygen atoms in total. The monoisotopic (exact) mass is 353 g/mol. The van der Waals surface area contributed by atoms with Crippen LogP contribution in [0, 0.1) is 5.92 Å². The average molecular weight is 353 g/mol. The Morgan fingerprint density at radius 1 is 0.769 bits per heavy atom. The highest BCUT2D eigenvalue weighted by Crippen LogP contribution is 2.16. The van der Waals surface area contributed by atoms with E-state index in [4.69, 9.17) is 0 Å². The van der Waals surface area contributed by atoms with Gasteiger partial charge in [-0.3, -0.25) is 4.79 Å². The first-order valence-corrected chi connectivity index (χ1v) is 8.89. The van der Waals surface area contributed by atoms with E-state index in [-0.39, 0.29) is 23.9 Å². The van der Waals surface area contributed by atoms with Crippen LogP contribution in [-0.4, -0.2) is 18.0 Å². The Labute approximate surface area is 155 Å². The first-order chi connectivity index (χ1) is 12.3. The summed E-state index contributed by atoms with van der Waals surface area (Å²) in [5, 5.41) is 8.49. The molecule has 0 fully saturated rings. The van der Waals surface area contributed by atoms with Crippen LogP contribution in [0.1, 0.15) is 38.8 Å². The van der Waals surface area contributed by atoms with Crippen molar-refractivity contribution in [2.45, 2.75) is 40.2 Å². The van der Waals surface area contributed by atoms with Crippen molar-refractivity contribution in [1.82, 2.24) is 5.32 Å². The van der Waals surface area contributed by atoms with E-state index < -0.39 is 0 Å². The first-order valence-electron chi connectivity index (χ1n) is 8.89. The molecule has 2 rings (SSSR count). The molecule has 0 unspecified atom stereocenters. The lowest BCUT2D eigenvalue weighted by Gasteiger charge is -2.11. The number of hydrogen-bond acceptors (Lipinski definition) is 2. The summed E-state index contributed by atoms with van der Waals surface area (Å²) in [6.45, 7) is 7.58. The predicted molar refractivity (Wildman–Crippen MR) is 106 cm³/mol. The lowest BCUT2D eigenvalue weighted by Crippen LogP contribution is -2.34. The third-order valence-corrected chi connectivity index (χ3v) is 3.79. The normalized spacial score (nSPS) is 10.7. The largest absolute Gasteiger partial charge is 0.336 e. The van der Waals surface area contributed by atoms with E-state index in [1.54, 1.807) is 0 Å². The molecule has 0 aliphatic rings. The van der Waals surface area contributed by atoms with Crippen molar-refractivity contribution in [3.8, 4) is 0 Å². The summed E-state index contributed by atoms with van der Waals surface area (Å²) < 4.78 is 0. The summed E-state index contributed by atoms with van der Waals surface area (Å²) in [6, 6.07) is 15.5. The van der Waals surface area contributed by atoms with Gasteiger partial charge in [0, 0.05) is 23.3 Å². The molecule has 138 valence electrons. The van der Waals surface area contributed by atoms with E-state index >= 15 is 0 Å². The van der Waals surface area contributed by atoms with Gasteiger partial charge in [0.05, 0.1) is 0 Å². The third-order valence-electron chi connectivity index (χ3n) is 3.79. The summed E-state index contributed by atoms with van der Waals surface area (Å²) in [7, 11) is 0. The van der Waals surface area contributed by atoms with Crippen LogP contribution >= 0.6 is 0 Å². The Kier molecular flexibility index (Phi) is 6.78. The number of amides is 3. The Balaban J connectivity index is 1.92. The zero-order chi connectivity index (χ0) is 19.1. The first kappa shape index (κ1) is 19.5. The van der Waals surface area contributed by atoms with E-state index in [2.05, 4.69) is 16.0 Å². The molecule has 0 spiro atoms. The van der Waals surface area contributed by atoms with Crippen molar-refractivity contribution in [3.05, 3.63) is 59.7 Å². The topological polar surface area (TPSA) is 70.2 Å². The second kappa shape index (κ2) is 9.04. The highest BCUT2D eigenvalue weighted by molar-refractivity contribution is 5.92. The van der Waals surface area contributed by atoms with Crippen molar-refractivity contribution in [2.75, 3.05) is 10.6 Å². The highest BCUT2D eigenvalue weighted by Gasteiger charge is 2.07. The van der Waals surface area contributed by atoms with E-state index in [1.807, 2.05) is 76.2 Å². The fourth-order valence-electron chi connectivity index (χ4n) is 2.36. The van der Waals surface area contributed by atoms with Gasteiger partial charge in [-0.15, -0.1) is 0 Å². The maximum absolute atomic E-state index is 11.7. The molecule has 0 bridgehead atoms. The SMILES string of the molecule is CC(C)NC(=O)Nc1ccc(Cc2ccc(NC(=O)C(C)C)cc2)cc1. The van der Waals surface area contributed by atoms with Crippen LogP contribution in [0.5, 0.6) is 0 Å². The van der Waals surface area contributed by atoms with Crippen LogP contribution in [0.3, 0.4) is 0 Å². The molecule has 2 aromatic carbocycles. The maximum Gasteiger partial charge on any atom is 0.319 e. The summed E-state index contributed by atoms with van der Waals surface area (Å²) in [5.41, 5.74) is 3.88. The standard InChI is InChI=1S/C21H27N3O2/c1-14(2)20(25)23-18-9-5-16(6-10-18)13-17-7-11-19(12-8-17)24-21(26)22-15(3)4/h5-12,14-15H,13H2,1-4H3,(H,23,25)(H2,22,24,26). The molecular formula is C21H27N3O2. The van der Waals surface area contributed by atoms with E-state index in [0.717, 1.165) is 28.9 Å². The number of hydrogen-bond donors (Lipinski definition) is 3. The van der Waals surface area contributed by atoms with Crippen molar-refractivity contribution < 1.29 is 9.59 Å². The molecule has 0 saturated heterocycles. The van der Waals surface area contributed by atoms with E-state index in [9.17, 15) is 9.59 Å². The van der Waals surface area contributed by atoms with Crippen LogP contribution in [0.15, 0.2) is 48.5 Å². The number of carbonyl (C=O) groups is 2. The minimum atomic E-state index is -0.202. The number of nitrogens with one attached hydrogen (secondary N) is 3. The second-order valence-corrected chi connectivity index (χ2v) is 6.97. The minimum absolute atomic E-state index is 0.0161. The van der Waals surface area contributed by atoms with E-state index in [1.165, 1.54) is 0 Å². The van der Waals surface area contributed by atoms with Crippen molar-refractivity contribution >= 4 is 23.3 Å². The zero-order valence-corrected chi connectivity index (χ0v) is 15.8. The lowest BCUT2D eigenvalue weighted by atomic mass is 10.0. The summed E-state index contributed by atoms with van der Waals surface area (Å²) in [4.78, 5) is 23.4.